The van der Waals surface area contributed by atoms with Crippen LogP contribution in [0.5, 0.6) is 0 Å². The van der Waals surface area contributed by atoms with Crippen molar-refractivity contribution in [3.63, 3.8) is 0 Å². The van der Waals surface area contributed by atoms with Crippen LogP contribution in [0.3, 0.4) is 0 Å². The molecule has 0 saturated heterocycles. The molecule has 1 aliphatic carbocycles. The Morgan fingerprint density at radius 1 is 1.27 bits per heavy atom. The Morgan fingerprint density at radius 2 is 2.00 bits per heavy atom. The molecule has 0 aromatic carbocycles. The number of halogens is 4. The largest absolute Gasteiger partial charge is 0.391 e. The van der Waals surface area contributed by atoms with Crippen molar-refractivity contribution < 1.29 is 13.2 Å². The first-order chi connectivity index (χ1) is 13.8. The predicted molar refractivity (Wildman–Crippen MR) is 123 cm³/mol. The third-order valence-corrected chi connectivity index (χ3v) is 6.27. The first-order valence-electron chi connectivity index (χ1n) is 9.81. The number of alkyl halides is 3. The number of aromatic nitrogens is 3. The van der Waals surface area contributed by atoms with Gasteiger partial charge in [0.1, 0.15) is 12.4 Å². The number of aliphatic imine (C=N–C) groups is 1. The molecule has 0 amide bonds. The molecule has 1 aliphatic rings. The van der Waals surface area contributed by atoms with E-state index < -0.39 is 12.1 Å². The van der Waals surface area contributed by atoms with E-state index in [1.807, 2.05) is 30.0 Å². The van der Waals surface area contributed by atoms with Crippen molar-refractivity contribution in [1.29, 1.82) is 0 Å². The average Bonchev–Trinajstić information content (AvgIpc) is 3.30. The monoisotopic (exact) mass is 556 g/mol. The Bertz CT molecular complexity index is 798. The Morgan fingerprint density at radius 3 is 2.57 bits per heavy atom. The summed E-state index contributed by atoms with van der Waals surface area (Å²) >= 11 is 1.70. The number of hydrogen-bond acceptors (Lipinski definition) is 4. The summed E-state index contributed by atoms with van der Waals surface area (Å²) in [6.45, 7) is 2.92. The molecular weight excluding hydrogens is 528 g/mol. The predicted octanol–water partition coefficient (Wildman–Crippen LogP) is 4.20. The maximum absolute atomic E-state index is 12.9. The van der Waals surface area contributed by atoms with Crippen molar-refractivity contribution in [1.82, 2.24) is 25.4 Å². The first-order valence-corrected chi connectivity index (χ1v) is 10.7. The molecule has 6 nitrogen and oxygen atoms in total. The fourth-order valence-electron chi connectivity index (χ4n) is 3.41. The third-order valence-electron chi connectivity index (χ3n) is 5.34. The van der Waals surface area contributed by atoms with Crippen molar-refractivity contribution in [2.24, 2.45) is 18.0 Å². The van der Waals surface area contributed by atoms with Gasteiger partial charge in [0.25, 0.3) is 0 Å². The highest BCUT2D eigenvalue weighted by atomic mass is 127. The second kappa shape index (κ2) is 11.3. The molecule has 2 aromatic heterocycles. The van der Waals surface area contributed by atoms with Crippen LogP contribution in [0.25, 0.3) is 0 Å². The Labute approximate surface area is 195 Å². The van der Waals surface area contributed by atoms with Crippen molar-refractivity contribution in [2.75, 3.05) is 6.54 Å². The average molecular weight is 556 g/mol. The van der Waals surface area contributed by atoms with Crippen LogP contribution in [0, 0.1) is 12.8 Å². The summed E-state index contributed by atoms with van der Waals surface area (Å²) in [5.41, 5.74) is 0. The molecule has 0 atom stereocenters. The van der Waals surface area contributed by atoms with Crippen LogP contribution in [-0.2, 0) is 20.0 Å². The molecule has 1 fully saturated rings. The molecule has 11 heteroatoms. The highest BCUT2D eigenvalue weighted by molar-refractivity contribution is 14.0. The van der Waals surface area contributed by atoms with Gasteiger partial charge in [0.15, 0.2) is 11.8 Å². The van der Waals surface area contributed by atoms with Crippen LogP contribution >= 0.6 is 35.3 Å². The molecule has 2 N–H and O–H groups in total. The minimum absolute atomic E-state index is 0. The fraction of sp³-hybridized carbons (Fsp3) is 0.632. The lowest BCUT2D eigenvalue weighted by atomic mass is 9.85. The molecule has 0 unspecified atom stereocenters. The molecule has 1 saturated carbocycles. The highest BCUT2D eigenvalue weighted by Crippen LogP contribution is 2.37. The number of nitrogens with one attached hydrogen (secondary N) is 2. The van der Waals surface area contributed by atoms with Crippen molar-refractivity contribution >= 4 is 41.3 Å². The normalized spacial score (nSPS) is 20.0. The molecule has 0 radical (unpaired) electrons. The Kier molecular flexibility index (Phi) is 9.38. The van der Waals surface area contributed by atoms with E-state index in [-0.39, 0.29) is 42.9 Å². The summed E-state index contributed by atoms with van der Waals surface area (Å²) in [7, 11) is 1.88. The van der Waals surface area contributed by atoms with Crippen LogP contribution in [0.15, 0.2) is 22.5 Å². The maximum Gasteiger partial charge on any atom is 0.391 e. The molecular formula is C19H28F3IN6S. The SMILES string of the molecule is Cc1nnc(CN=C(NCCc2cccs2)NC2CCC(C(F)(F)F)CC2)n1C.I. The van der Waals surface area contributed by atoms with E-state index in [0.29, 0.717) is 31.9 Å². The molecule has 2 aromatic rings. The lowest BCUT2D eigenvalue weighted by Crippen LogP contribution is -2.46. The number of thiophene rings is 1. The van der Waals surface area contributed by atoms with Crippen LogP contribution in [0.1, 0.15) is 42.2 Å². The number of hydrogen-bond donors (Lipinski definition) is 2. The minimum Gasteiger partial charge on any atom is -0.356 e. The molecule has 3 rings (SSSR count). The quantitative estimate of drug-likeness (QED) is 0.318. The number of aryl methyl sites for hydroxylation is 1. The lowest BCUT2D eigenvalue weighted by Gasteiger charge is -2.31. The van der Waals surface area contributed by atoms with E-state index in [2.05, 4.69) is 31.9 Å². The van der Waals surface area contributed by atoms with Gasteiger partial charge >= 0.3 is 6.18 Å². The second-order valence-electron chi connectivity index (χ2n) is 7.38. The third kappa shape index (κ3) is 7.10. The molecule has 30 heavy (non-hydrogen) atoms. The molecule has 2 heterocycles. The number of guanidine groups is 1. The topological polar surface area (TPSA) is 67.1 Å². The smallest absolute Gasteiger partial charge is 0.356 e. The summed E-state index contributed by atoms with van der Waals surface area (Å²) < 4.78 is 40.6. The van der Waals surface area contributed by atoms with Gasteiger partial charge in [-0.15, -0.1) is 45.5 Å². The van der Waals surface area contributed by atoms with E-state index in [0.717, 1.165) is 18.1 Å². The van der Waals surface area contributed by atoms with E-state index >= 15 is 0 Å². The maximum atomic E-state index is 12.9. The fourth-order valence-corrected chi connectivity index (χ4v) is 4.12. The van der Waals surface area contributed by atoms with Gasteiger partial charge in [-0.25, -0.2) is 4.99 Å². The zero-order valence-corrected chi connectivity index (χ0v) is 20.2. The van der Waals surface area contributed by atoms with Crippen LogP contribution < -0.4 is 10.6 Å². The zero-order chi connectivity index (χ0) is 20.9. The van der Waals surface area contributed by atoms with E-state index in [1.165, 1.54) is 4.88 Å². The minimum atomic E-state index is -4.09. The van der Waals surface area contributed by atoms with Crippen LogP contribution in [0.4, 0.5) is 13.2 Å². The van der Waals surface area contributed by atoms with Gasteiger partial charge in [0.05, 0.1) is 5.92 Å². The Balaban J connectivity index is 0.00000320. The van der Waals surface area contributed by atoms with E-state index in [1.54, 1.807) is 11.3 Å². The molecule has 0 aliphatic heterocycles. The molecule has 168 valence electrons. The second-order valence-corrected chi connectivity index (χ2v) is 8.41. The highest BCUT2D eigenvalue weighted by Gasteiger charge is 2.41. The van der Waals surface area contributed by atoms with Gasteiger partial charge in [-0.05, 0) is 50.5 Å². The van der Waals surface area contributed by atoms with Crippen molar-refractivity contribution in [3.8, 4) is 0 Å². The van der Waals surface area contributed by atoms with Crippen LogP contribution in [0.2, 0.25) is 0 Å². The van der Waals surface area contributed by atoms with Gasteiger partial charge in [-0.1, -0.05) is 6.07 Å². The van der Waals surface area contributed by atoms with Gasteiger partial charge in [-0.2, -0.15) is 13.2 Å². The van der Waals surface area contributed by atoms with Crippen molar-refractivity contribution in [2.45, 2.75) is 57.8 Å². The lowest BCUT2D eigenvalue weighted by molar-refractivity contribution is -0.182. The summed E-state index contributed by atoms with van der Waals surface area (Å²) in [5, 5.41) is 16.8. The van der Waals surface area contributed by atoms with Gasteiger partial charge in [-0.3, -0.25) is 0 Å². The van der Waals surface area contributed by atoms with Gasteiger partial charge in [0, 0.05) is 24.5 Å². The van der Waals surface area contributed by atoms with Gasteiger partial charge in [0.2, 0.25) is 0 Å². The summed E-state index contributed by atoms with van der Waals surface area (Å²) in [4.78, 5) is 5.87. The summed E-state index contributed by atoms with van der Waals surface area (Å²) in [6, 6.07) is 4.09. The summed E-state index contributed by atoms with van der Waals surface area (Å²) in [5.74, 6) is 0.968. The first kappa shape index (κ1) is 24.9. The Hall–Kier alpha value is -1.37. The van der Waals surface area contributed by atoms with Crippen molar-refractivity contribution in [3.05, 3.63) is 34.0 Å². The van der Waals surface area contributed by atoms with E-state index in [9.17, 15) is 13.2 Å². The standard InChI is InChI=1S/C19H27F3N6S.HI/c1-13-26-27-17(28(13)2)12-24-18(23-10-9-16-4-3-11-29-16)25-15-7-5-14(6-8-15)19(20,21)22;/h3-4,11,14-15H,5-10,12H2,1-2H3,(H2,23,24,25);1H. The van der Waals surface area contributed by atoms with Gasteiger partial charge < -0.3 is 15.2 Å². The van der Waals surface area contributed by atoms with Crippen LogP contribution in [-0.4, -0.2) is 39.5 Å². The molecule has 0 spiro atoms. The van der Waals surface area contributed by atoms with E-state index in [4.69, 9.17) is 0 Å². The summed E-state index contributed by atoms with van der Waals surface area (Å²) in [6.07, 6.45) is -1.94. The number of nitrogens with zero attached hydrogens (tertiary/aromatic N) is 4. The number of rotatable bonds is 6. The zero-order valence-electron chi connectivity index (χ0n) is 17.1. The molecule has 0 bridgehead atoms.